The molecule has 1 aromatic rings. The number of nitrogens with zero attached hydrogens (tertiary/aromatic N) is 2. The van der Waals surface area contributed by atoms with Gasteiger partial charge in [-0.2, -0.15) is 4.31 Å². The zero-order chi connectivity index (χ0) is 14.4. The number of rotatable bonds is 6. The Kier molecular flexibility index (Phi) is 5.54. The Morgan fingerprint density at radius 1 is 1.05 bits per heavy atom. The van der Waals surface area contributed by atoms with Gasteiger partial charge in [0.05, 0.1) is 5.75 Å². The van der Waals surface area contributed by atoms with Crippen molar-refractivity contribution in [1.29, 1.82) is 0 Å². The third-order valence-electron chi connectivity index (χ3n) is 3.60. The fourth-order valence-electron chi connectivity index (χ4n) is 2.42. The van der Waals surface area contributed by atoms with Gasteiger partial charge in [-0.05, 0) is 25.1 Å². The summed E-state index contributed by atoms with van der Waals surface area (Å²) in [5.41, 5.74) is 6.34. The van der Waals surface area contributed by atoms with Crippen LogP contribution in [0.2, 0.25) is 0 Å². The van der Waals surface area contributed by atoms with Gasteiger partial charge in [0.2, 0.25) is 10.0 Å². The van der Waals surface area contributed by atoms with Crippen molar-refractivity contribution in [3.63, 3.8) is 0 Å². The van der Waals surface area contributed by atoms with Crippen LogP contribution in [0, 0.1) is 0 Å². The Hall–Kier alpha value is -0.950. The minimum atomic E-state index is -3.20. The smallest absolute Gasteiger partial charge is 0.218 e. The van der Waals surface area contributed by atoms with Crippen LogP contribution in [0.1, 0.15) is 12.0 Å². The summed E-state index contributed by atoms with van der Waals surface area (Å²) in [7, 11) is -3.20. The van der Waals surface area contributed by atoms with Gasteiger partial charge in [0.25, 0.3) is 0 Å². The highest BCUT2D eigenvalue weighted by Crippen LogP contribution is 2.13. The van der Waals surface area contributed by atoms with E-state index in [1.807, 2.05) is 30.3 Å². The monoisotopic (exact) mass is 297 g/mol. The molecule has 2 rings (SSSR count). The first-order valence-electron chi connectivity index (χ1n) is 7.06. The Morgan fingerprint density at radius 3 is 2.30 bits per heavy atom. The van der Waals surface area contributed by atoms with Gasteiger partial charge in [-0.3, -0.25) is 0 Å². The van der Waals surface area contributed by atoms with Crippen molar-refractivity contribution in [1.82, 2.24) is 9.21 Å². The van der Waals surface area contributed by atoms with Crippen LogP contribution in [0.3, 0.4) is 0 Å². The van der Waals surface area contributed by atoms with E-state index in [1.165, 1.54) is 0 Å². The van der Waals surface area contributed by atoms with E-state index in [4.69, 9.17) is 5.73 Å². The molecule has 0 unspecified atom stereocenters. The Bertz CT molecular complexity index is 496. The predicted octanol–water partition coefficient (Wildman–Crippen LogP) is 0.483. The second-order valence-corrected chi connectivity index (χ2v) is 7.09. The summed E-state index contributed by atoms with van der Waals surface area (Å²) in [5.74, 6) is 0.0939. The van der Waals surface area contributed by atoms with E-state index < -0.39 is 10.0 Å². The van der Waals surface area contributed by atoms with Gasteiger partial charge in [0, 0.05) is 26.2 Å². The lowest BCUT2D eigenvalue weighted by atomic mass is 10.2. The molecular weight excluding hydrogens is 274 g/mol. The Morgan fingerprint density at radius 2 is 1.70 bits per heavy atom. The molecule has 0 bridgehead atoms. The molecule has 1 heterocycles. The van der Waals surface area contributed by atoms with Gasteiger partial charge in [-0.15, -0.1) is 0 Å². The van der Waals surface area contributed by atoms with Crippen molar-refractivity contribution in [2.75, 3.05) is 39.3 Å². The zero-order valence-electron chi connectivity index (χ0n) is 11.7. The maximum absolute atomic E-state index is 12.4. The van der Waals surface area contributed by atoms with Crippen molar-refractivity contribution in [2.24, 2.45) is 5.73 Å². The summed E-state index contributed by atoms with van der Waals surface area (Å²) in [6.45, 7) is 4.41. The Labute approximate surface area is 121 Å². The third kappa shape index (κ3) is 4.28. The molecule has 112 valence electrons. The van der Waals surface area contributed by atoms with Crippen LogP contribution in [-0.4, -0.2) is 56.9 Å². The lowest BCUT2D eigenvalue weighted by Crippen LogP contribution is -2.49. The van der Waals surface area contributed by atoms with Crippen LogP contribution in [-0.2, 0) is 15.8 Å². The second-order valence-electron chi connectivity index (χ2n) is 5.12. The molecule has 0 atom stereocenters. The standard InChI is InChI=1S/C14H23N3O2S/c15-7-4-8-16-9-11-17(12-10-16)20(18,19)13-14-5-2-1-3-6-14/h1-3,5-6H,4,7-13,15H2. The van der Waals surface area contributed by atoms with Crippen LogP contribution in [0.5, 0.6) is 0 Å². The van der Waals surface area contributed by atoms with Crippen LogP contribution < -0.4 is 5.73 Å². The van der Waals surface area contributed by atoms with E-state index in [0.29, 0.717) is 19.6 Å². The van der Waals surface area contributed by atoms with Crippen LogP contribution in [0.4, 0.5) is 0 Å². The summed E-state index contributed by atoms with van der Waals surface area (Å²) < 4.78 is 26.3. The minimum absolute atomic E-state index is 0.0939. The summed E-state index contributed by atoms with van der Waals surface area (Å²) >= 11 is 0. The van der Waals surface area contributed by atoms with Crippen LogP contribution in [0.25, 0.3) is 0 Å². The highest BCUT2D eigenvalue weighted by molar-refractivity contribution is 7.88. The molecule has 2 N–H and O–H groups in total. The average Bonchev–Trinajstić information content (AvgIpc) is 2.46. The van der Waals surface area contributed by atoms with E-state index in [0.717, 1.165) is 31.6 Å². The molecule has 0 amide bonds. The Balaban J connectivity index is 1.89. The van der Waals surface area contributed by atoms with Crippen LogP contribution in [0.15, 0.2) is 30.3 Å². The molecule has 0 saturated carbocycles. The summed E-state index contributed by atoms with van der Waals surface area (Å²) in [4.78, 5) is 2.28. The molecule has 20 heavy (non-hydrogen) atoms. The summed E-state index contributed by atoms with van der Waals surface area (Å²) in [5, 5.41) is 0. The van der Waals surface area contributed by atoms with Crippen molar-refractivity contribution in [3.05, 3.63) is 35.9 Å². The quantitative estimate of drug-likeness (QED) is 0.829. The van der Waals surface area contributed by atoms with E-state index in [9.17, 15) is 8.42 Å². The lowest BCUT2D eigenvalue weighted by Gasteiger charge is -2.33. The average molecular weight is 297 g/mol. The molecule has 1 saturated heterocycles. The van der Waals surface area contributed by atoms with Gasteiger partial charge in [0.15, 0.2) is 0 Å². The minimum Gasteiger partial charge on any atom is -0.330 e. The molecule has 0 aliphatic carbocycles. The predicted molar refractivity (Wildman–Crippen MR) is 80.8 cm³/mol. The molecule has 1 aliphatic rings. The molecule has 0 aromatic heterocycles. The van der Waals surface area contributed by atoms with E-state index >= 15 is 0 Å². The van der Waals surface area contributed by atoms with Crippen molar-refractivity contribution >= 4 is 10.0 Å². The van der Waals surface area contributed by atoms with Crippen molar-refractivity contribution in [3.8, 4) is 0 Å². The van der Waals surface area contributed by atoms with Crippen molar-refractivity contribution < 1.29 is 8.42 Å². The lowest BCUT2D eigenvalue weighted by molar-refractivity contribution is 0.187. The SMILES string of the molecule is NCCCN1CCN(S(=O)(=O)Cc2ccccc2)CC1. The first-order chi connectivity index (χ1) is 9.62. The second kappa shape index (κ2) is 7.17. The van der Waals surface area contributed by atoms with E-state index in [-0.39, 0.29) is 5.75 Å². The normalized spacial score (nSPS) is 18.2. The first-order valence-corrected chi connectivity index (χ1v) is 8.67. The van der Waals surface area contributed by atoms with Gasteiger partial charge in [0.1, 0.15) is 0 Å². The number of piperazine rings is 1. The summed E-state index contributed by atoms with van der Waals surface area (Å²) in [6, 6.07) is 9.35. The van der Waals surface area contributed by atoms with Crippen LogP contribution >= 0.6 is 0 Å². The highest BCUT2D eigenvalue weighted by Gasteiger charge is 2.26. The fraction of sp³-hybridized carbons (Fsp3) is 0.571. The number of hydrogen-bond donors (Lipinski definition) is 1. The molecule has 1 aliphatic heterocycles. The van der Waals surface area contributed by atoms with Gasteiger partial charge < -0.3 is 10.6 Å². The third-order valence-corrected chi connectivity index (χ3v) is 5.45. The van der Waals surface area contributed by atoms with Gasteiger partial charge >= 0.3 is 0 Å². The number of benzene rings is 1. The summed E-state index contributed by atoms with van der Waals surface area (Å²) in [6.07, 6.45) is 0.969. The molecule has 1 aromatic carbocycles. The number of sulfonamides is 1. The van der Waals surface area contributed by atoms with E-state index in [2.05, 4.69) is 4.90 Å². The topological polar surface area (TPSA) is 66.6 Å². The molecule has 0 radical (unpaired) electrons. The fourth-order valence-corrected chi connectivity index (χ4v) is 3.94. The largest absolute Gasteiger partial charge is 0.330 e. The maximum atomic E-state index is 12.4. The van der Waals surface area contributed by atoms with E-state index in [1.54, 1.807) is 4.31 Å². The number of hydrogen-bond acceptors (Lipinski definition) is 4. The first kappa shape index (κ1) is 15.4. The molecule has 0 spiro atoms. The highest BCUT2D eigenvalue weighted by atomic mass is 32.2. The maximum Gasteiger partial charge on any atom is 0.218 e. The molecule has 1 fully saturated rings. The van der Waals surface area contributed by atoms with Crippen molar-refractivity contribution in [2.45, 2.75) is 12.2 Å². The van der Waals surface area contributed by atoms with Gasteiger partial charge in [-0.1, -0.05) is 30.3 Å². The zero-order valence-corrected chi connectivity index (χ0v) is 12.6. The molecule has 5 nitrogen and oxygen atoms in total. The molecule has 6 heteroatoms. The molecular formula is C14H23N3O2S. The van der Waals surface area contributed by atoms with Gasteiger partial charge in [-0.25, -0.2) is 8.42 Å². The number of nitrogens with two attached hydrogens (primary N) is 1.